The number of nitrogens with one attached hydrogen (secondary N) is 1. The zero-order valence-electron chi connectivity index (χ0n) is 5.89. The summed E-state index contributed by atoms with van der Waals surface area (Å²) < 4.78 is 0. The van der Waals surface area contributed by atoms with Gasteiger partial charge in [0, 0.05) is 25.0 Å². The molecule has 0 aliphatic heterocycles. The summed E-state index contributed by atoms with van der Waals surface area (Å²) in [5.74, 6) is 5.10. The lowest BCUT2D eigenvalue weighted by atomic mass is 10.3. The Morgan fingerprint density at radius 1 is 1.89 bits per heavy atom. The molecule has 54 valence electrons. The molecule has 0 aromatic rings. The van der Waals surface area contributed by atoms with Gasteiger partial charge < -0.3 is 0 Å². The largest absolute Gasteiger partial charge is 0.295 e. The van der Waals surface area contributed by atoms with Crippen molar-refractivity contribution in [3.8, 4) is 0 Å². The lowest BCUT2D eigenvalue weighted by Gasteiger charge is -2.06. The predicted octanol–water partition coefficient (Wildman–Crippen LogP) is -0.216. The SMILES string of the molecule is CN=C(CNN)C(C)P. The van der Waals surface area contributed by atoms with Gasteiger partial charge in [0.1, 0.15) is 0 Å². The molecule has 3 N–H and O–H groups in total. The van der Waals surface area contributed by atoms with Crippen LogP contribution >= 0.6 is 9.24 Å². The van der Waals surface area contributed by atoms with Gasteiger partial charge in [0.15, 0.2) is 0 Å². The van der Waals surface area contributed by atoms with Crippen LogP contribution < -0.4 is 11.3 Å². The minimum atomic E-state index is 0.408. The van der Waals surface area contributed by atoms with Gasteiger partial charge in [0.25, 0.3) is 0 Å². The maximum Gasteiger partial charge on any atom is 0.0484 e. The van der Waals surface area contributed by atoms with Crippen LogP contribution in [0.2, 0.25) is 0 Å². The Morgan fingerprint density at radius 3 is 2.56 bits per heavy atom. The monoisotopic (exact) mass is 147 g/mol. The molecule has 0 aromatic heterocycles. The summed E-state index contributed by atoms with van der Waals surface area (Å²) in [5, 5.41) is 0. The molecule has 4 heteroatoms. The standard InChI is InChI=1S/C5H14N3P/c1-4(9)5(7-2)3-8-6/h4,8H,3,6,9H2,1-2H3. The van der Waals surface area contributed by atoms with E-state index in [0.717, 1.165) is 5.71 Å². The predicted molar refractivity (Wildman–Crippen MR) is 44.7 cm³/mol. The second-order valence-corrected chi connectivity index (χ2v) is 2.88. The fraction of sp³-hybridized carbons (Fsp3) is 0.800. The molecule has 0 radical (unpaired) electrons. The molecule has 0 spiro atoms. The Labute approximate surface area is 58.3 Å². The molecule has 0 amide bonds. The first kappa shape index (κ1) is 9.02. The maximum absolute atomic E-state index is 5.10. The van der Waals surface area contributed by atoms with Crippen molar-refractivity contribution < 1.29 is 0 Å². The van der Waals surface area contributed by atoms with Crippen LogP contribution in [0.4, 0.5) is 0 Å². The Bertz CT molecular complexity index is 100. The molecule has 0 rings (SSSR count). The zero-order chi connectivity index (χ0) is 7.28. The van der Waals surface area contributed by atoms with E-state index in [1.165, 1.54) is 0 Å². The van der Waals surface area contributed by atoms with Crippen LogP contribution in [-0.4, -0.2) is 25.0 Å². The Morgan fingerprint density at radius 2 is 2.44 bits per heavy atom. The highest BCUT2D eigenvalue weighted by Gasteiger charge is 2.00. The van der Waals surface area contributed by atoms with E-state index < -0.39 is 0 Å². The van der Waals surface area contributed by atoms with E-state index in [1.807, 2.05) is 0 Å². The molecule has 0 heterocycles. The summed E-state index contributed by atoms with van der Waals surface area (Å²) >= 11 is 0. The number of hydrogen-bond acceptors (Lipinski definition) is 3. The van der Waals surface area contributed by atoms with Gasteiger partial charge in [-0.05, 0) is 0 Å². The summed E-state index contributed by atoms with van der Waals surface area (Å²) in [4.78, 5) is 4.03. The molecule has 2 atom stereocenters. The smallest absolute Gasteiger partial charge is 0.0484 e. The van der Waals surface area contributed by atoms with E-state index in [2.05, 4.69) is 26.6 Å². The fourth-order valence-corrected chi connectivity index (χ4v) is 0.815. The van der Waals surface area contributed by atoms with Crippen LogP contribution in [0.1, 0.15) is 6.92 Å². The average Bonchev–Trinajstić information content (AvgIpc) is 1.82. The summed E-state index contributed by atoms with van der Waals surface area (Å²) in [7, 11) is 4.44. The second-order valence-electron chi connectivity index (χ2n) is 1.88. The van der Waals surface area contributed by atoms with Crippen LogP contribution in [-0.2, 0) is 0 Å². The van der Waals surface area contributed by atoms with Crippen molar-refractivity contribution in [2.75, 3.05) is 13.6 Å². The number of hydrogen-bond donors (Lipinski definition) is 2. The number of rotatable bonds is 3. The van der Waals surface area contributed by atoms with Gasteiger partial charge in [-0.25, -0.2) is 0 Å². The summed E-state index contributed by atoms with van der Waals surface area (Å²) in [6, 6.07) is 0. The van der Waals surface area contributed by atoms with Gasteiger partial charge in [-0.15, -0.1) is 9.24 Å². The van der Waals surface area contributed by atoms with Gasteiger partial charge in [0.2, 0.25) is 0 Å². The molecule has 0 aliphatic rings. The summed E-state index contributed by atoms with van der Waals surface area (Å²) in [6.07, 6.45) is 0. The van der Waals surface area contributed by atoms with E-state index in [-0.39, 0.29) is 0 Å². The molecule has 0 aliphatic carbocycles. The minimum Gasteiger partial charge on any atom is -0.295 e. The van der Waals surface area contributed by atoms with Crippen molar-refractivity contribution in [2.45, 2.75) is 12.6 Å². The number of nitrogens with two attached hydrogens (primary N) is 1. The molecule has 0 saturated heterocycles. The van der Waals surface area contributed by atoms with Crippen molar-refractivity contribution >= 4 is 15.0 Å². The van der Waals surface area contributed by atoms with E-state index >= 15 is 0 Å². The van der Waals surface area contributed by atoms with Gasteiger partial charge in [0.05, 0.1) is 0 Å². The maximum atomic E-state index is 5.10. The fourth-order valence-electron chi connectivity index (χ4n) is 0.548. The van der Waals surface area contributed by atoms with E-state index in [0.29, 0.717) is 12.2 Å². The molecule has 0 bridgehead atoms. The van der Waals surface area contributed by atoms with Crippen LogP contribution in [0.3, 0.4) is 0 Å². The first-order valence-corrected chi connectivity index (χ1v) is 3.53. The van der Waals surface area contributed by atoms with E-state index in [9.17, 15) is 0 Å². The molecular formula is C5H14N3P. The highest BCUT2D eigenvalue weighted by atomic mass is 31.0. The number of hydrazine groups is 1. The van der Waals surface area contributed by atoms with Crippen molar-refractivity contribution in [2.24, 2.45) is 10.8 Å². The molecular weight excluding hydrogens is 133 g/mol. The molecule has 0 aromatic carbocycles. The van der Waals surface area contributed by atoms with Crippen LogP contribution in [0.15, 0.2) is 4.99 Å². The van der Waals surface area contributed by atoms with Crippen LogP contribution in [0, 0.1) is 0 Å². The lowest BCUT2D eigenvalue weighted by Crippen LogP contribution is -2.32. The molecule has 0 fully saturated rings. The Balaban J connectivity index is 3.70. The zero-order valence-corrected chi connectivity index (χ0v) is 7.04. The highest BCUT2D eigenvalue weighted by Crippen LogP contribution is 1.99. The normalized spacial score (nSPS) is 15.8. The topological polar surface area (TPSA) is 50.4 Å². The van der Waals surface area contributed by atoms with Gasteiger partial charge in [-0.2, -0.15) is 0 Å². The Kier molecular flexibility index (Phi) is 4.87. The minimum absolute atomic E-state index is 0.408. The third-order valence-electron chi connectivity index (χ3n) is 1.10. The third-order valence-corrected chi connectivity index (χ3v) is 1.48. The van der Waals surface area contributed by atoms with Crippen LogP contribution in [0.25, 0.3) is 0 Å². The Hall–Kier alpha value is 0.0200. The third kappa shape index (κ3) is 3.57. The van der Waals surface area contributed by atoms with E-state index in [4.69, 9.17) is 5.84 Å². The molecule has 9 heavy (non-hydrogen) atoms. The van der Waals surface area contributed by atoms with Crippen molar-refractivity contribution in [1.82, 2.24) is 5.43 Å². The summed E-state index contributed by atoms with van der Waals surface area (Å²) in [6.45, 7) is 2.73. The quantitative estimate of drug-likeness (QED) is 0.251. The molecule has 3 nitrogen and oxygen atoms in total. The second kappa shape index (κ2) is 4.86. The first-order valence-electron chi connectivity index (χ1n) is 2.87. The van der Waals surface area contributed by atoms with Crippen molar-refractivity contribution in [1.29, 1.82) is 0 Å². The number of aliphatic imine (C=N–C) groups is 1. The summed E-state index contributed by atoms with van der Waals surface area (Å²) in [5.41, 5.74) is 4.04. The van der Waals surface area contributed by atoms with Crippen molar-refractivity contribution in [3.05, 3.63) is 0 Å². The first-order chi connectivity index (χ1) is 4.22. The van der Waals surface area contributed by atoms with Gasteiger partial charge in [-0.1, -0.05) is 6.92 Å². The van der Waals surface area contributed by atoms with Gasteiger partial charge in [-0.3, -0.25) is 16.3 Å². The van der Waals surface area contributed by atoms with Gasteiger partial charge >= 0.3 is 0 Å². The average molecular weight is 147 g/mol. The molecule has 2 unspecified atom stereocenters. The molecule has 0 saturated carbocycles. The highest BCUT2D eigenvalue weighted by molar-refractivity contribution is 7.19. The van der Waals surface area contributed by atoms with Crippen molar-refractivity contribution in [3.63, 3.8) is 0 Å². The number of nitrogens with zero attached hydrogens (tertiary/aromatic N) is 1. The van der Waals surface area contributed by atoms with E-state index in [1.54, 1.807) is 7.05 Å². The van der Waals surface area contributed by atoms with Crippen LogP contribution in [0.5, 0.6) is 0 Å². The lowest BCUT2D eigenvalue weighted by molar-refractivity contribution is 0.834.